The second-order valence-corrected chi connectivity index (χ2v) is 11.2. The van der Waals surface area contributed by atoms with Crippen molar-refractivity contribution >= 4 is 42.3 Å². The van der Waals surface area contributed by atoms with E-state index in [9.17, 15) is 14.7 Å². The van der Waals surface area contributed by atoms with Crippen LogP contribution in [-0.4, -0.2) is 69.6 Å². The van der Waals surface area contributed by atoms with E-state index in [1.165, 1.54) is 11.8 Å². The maximum atomic E-state index is 13.0. The molecule has 2 aromatic carbocycles. The van der Waals surface area contributed by atoms with E-state index in [0.717, 1.165) is 42.9 Å². The van der Waals surface area contributed by atoms with Crippen LogP contribution in [0.5, 0.6) is 0 Å². The van der Waals surface area contributed by atoms with Gasteiger partial charge in [0.25, 0.3) is 5.91 Å². The number of aliphatic carboxylic acids is 1. The van der Waals surface area contributed by atoms with Crippen LogP contribution in [0.1, 0.15) is 22.9 Å². The van der Waals surface area contributed by atoms with Crippen molar-refractivity contribution in [3.8, 4) is 11.3 Å². The summed E-state index contributed by atoms with van der Waals surface area (Å²) in [5.74, 6) is 0.327. The van der Waals surface area contributed by atoms with Crippen molar-refractivity contribution in [2.24, 2.45) is 0 Å². The molecule has 3 heterocycles. The minimum atomic E-state index is -0.841. The molecule has 1 amide bonds. The molecular formula is C28H29N3O4S2. The molecule has 37 heavy (non-hydrogen) atoms. The van der Waals surface area contributed by atoms with Gasteiger partial charge in [-0.05, 0) is 30.3 Å². The van der Waals surface area contributed by atoms with Gasteiger partial charge in [-0.25, -0.2) is 0 Å². The first-order valence-corrected chi connectivity index (χ1v) is 13.6. The van der Waals surface area contributed by atoms with Gasteiger partial charge in [0.05, 0.1) is 4.91 Å². The number of piperazine rings is 1. The molecule has 2 fully saturated rings. The minimum absolute atomic E-state index is 0.0697. The number of carbonyl (C=O) groups excluding carboxylic acids is 1. The molecule has 0 saturated carbocycles. The third-order valence-electron chi connectivity index (χ3n) is 6.71. The number of thiol groups is 1. The lowest BCUT2D eigenvalue weighted by Gasteiger charge is -2.36. The monoisotopic (exact) mass is 535 g/mol. The Labute approximate surface area is 226 Å². The molecule has 192 valence electrons. The molecule has 5 rings (SSSR count). The van der Waals surface area contributed by atoms with E-state index in [1.807, 2.05) is 78.7 Å². The first kappa shape index (κ1) is 25.7. The lowest BCUT2D eigenvalue weighted by Crippen LogP contribution is -2.47. The summed E-state index contributed by atoms with van der Waals surface area (Å²) < 4.78 is 5.77. The Balaban J connectivity index is 1.29. The number of nitrogens with zero attached hydrogens (tertiary/aromatic N) is 3. The minimum Gasteiger partial charge on any atom is -0.480 e. The predicted molar refractivity (Wildman–Crippen MR) is 149 cm³/mol. The zero-order valence-corrected chi connectivity index (χ0v) is 22.2. The number of carboxylic acid groups (broad SMARTS) is 1. The van der Waals surface area contributed by atoms with Crippen molar-refractivity contribution in [1.29, 1.82) is 0 Å². The van der Waals surface area contributed by atoms with Crippen LogP contribution in [0.15, 0.2) is 76.1 Å². The van der Waals surface area contributed by atoms with Crippen molar-refractivity contribution in [2.75, 3.05) is 33.2 Å². The Morgan fingerprint density at radius 3 is 2.46 bits per heavy atom. The highest BCUT2D eigenvalue weighted by atomic mass is 32.2. The molecule has 0 aliphatic carbocycles. The second kappa shape index (κ2) is 11.2. The number of hydrogen-bond donors (Lipinski definition) is 2. The lowest BCUT2D eigenvalue weighted by atomic mass is 10.0. The Bertz CT molecular complexity index is 1280. The van der Waals surface area contributed by atoms with Gasteiger partial charge < -0.3 is 19.3 Å². The van der Waals surface area contributed by atoms with Gasteiger partial charge in [-0.3, -0.25) is 14.5 Å². The highest BCUT2D eigenvalue weighted by molar-refractivity contribution is 8.14. The molecule has 7 nitrogen and oxygen atoms in total. The molecule has 0 radical (unpaired) electrons. The van der Waals surface area contributed by atoms with E-state index in [1.54, 1.807) is 11.0 Å². The number of carboxylic acids is 1. The van der Waals surface area contributed by atoms with Gasteiger partial charge in [0.2, 0.25) is 0 Å². The van der Waals surface area contributed by atoms with Crippen LogP contribution in [0.25, 0.3) is 17.4 Å². The number of likely N-dealkylation sites (N-methyl/N-ethyl adjacent to an activating group) is 1. The molecule has 9 heteroatoms. The Morgan fingerprint density at radius 1 is 1.08 bits per heavy atom. The number of carbonyl (C=O) groups is 2. The summed E-state index contributed by atoms with van der Waals surface area (Å²) in [6, 6.07) is 20.4. The normalized spacial score (nSPS) is 21.0. The number of furan rings is 1. The highest BCUT2D eigenvalue weighted by Gasteiger charge is 2.34. The molecular weight excluding hydrogens is 506 g/mol. The van der Waals surface area contributed by atoms with E-state index in [-0.39, 0.29) is 10.6 Å². The summed E-state index contributed by atoms with van der Waals surface area (Å²) in [5, 5.41) is 9.89. The zero-order valence-electron chi connectivity index (χ0n) is 20.5. The van der Waals surface area contributed by atoms with Gasteiger partial charge in [0, 0.05) is 44.4 Å². The van der Waals surface area contributed by atoms with E-state index in [2.05, 4.69) is 17.5 Å². The standard InChI is InChI=1S/C28H29N3O4S2/c1-29-13-15-30(16-14-29)25(27(33)34)21-9-7-20(8-10-21)23-12-11-22(35-23)17-24-26(32)31(28(36)37-24)18-19-5-3-2-4-6-19/h2-12,17,25,28,36H,13-16,18H2,1H3,(H,33,34)/b24-17-. The largest absolute Gasteiger partial charge is 0.480 e. The summed E-state index contributed by atoms with van der Waals surface area (Å²) in [5.41, 5.74) is 2.65. The van der Waals surface area contributed by atoms with Crippen molar-refractivity contribution in [3.63, 3.8) is 0 Å². The van der Waals surface area contributed by atoms with E-state index in [0.29, 0.717) is 23.0 Å². The fraction of sp³-hybridized carbons (Fsp3) is 0.286. The van der Waals surface area contributed by atoms with Gasteiger partial charge in [0.1, 0.15) is 22.3 Å². The number of rotatable bonds is 7. The van der Waals surface area contributed by atoms with Gasteiger partial charge in [-0.15, -0.1) is 12.6 Å². The molecule has 1 aromatic heterocycles. The third kappa shape index (κ3) is 5.80. The summed E-state index contributed by atoms with van der Waals surface area (Å²) in [7, 11) is 2.05. The molecule has 2 saturated heterocycles. The fourth-order valence-electron chi connectivity index (χ4n) is 4.63. The average Bonchev–Trinajstić information content (AvgIpc) is 3.46. The van der Waals surface area contributed by atoms with Crippen LogP contribution >= 0.6 is 24.4 Å². The summed E-state index contributed by atoms with van der Waals surface area (Å²) in [4.78, 5) is 31.6. The van der Waals surface area contributed by atoms with Crippen molar-refractivity contribution < 1.29 is 19.1 Å². The maximum absolute atomic E-state index is 13.0. The van der Waals surface area contributed by atoms with E-state index < -0.39 is 12.0 Å². The number of benzene rings is 2. The second-order valence-electron chi connectivity index (χ2n) is 9.28. The molecule has 3 aromatic rings. The zero-order chi connectivity index (χ0) is 25.9. The first-order chi connectivity index (χ1) is 17.9. The van der Waals surface area contributed by atoms with Gasteiger partial charge in [0.15, 0.2) is 0 Å². The molecule has 0 bridgehead atoms. The Kier molecular flexibility index (Phi) is 7.76. The third-order valence-corrected chi connectivity index (χ3v) is 8.32. The van der Waals surface area contributed by atoms with Crippen LogP contribution < -0.4 is 0 Å². The Hall–Kier alpha value is -2.98. The molecule has 0 spiro atoms. The smallest absolute Gasteiger partial charge is 0.325 e. The highest BCUT2D eigenvalue weighted by Crippen LogP contribution is 2.39. The molecule has 1 N–H and O–H groups in total. The molecule has 2 unspecified atom stereocenters. The lowest BCUT2D eigenvalue weighted by molar-refractivity contribution is -0.144. The maximum Gasteiger partial charge on any atom is 0.325 e. The average molecular weight is 536 g/mol. The van der Waals surface area contributed by atoms with Crippen molar-refractivity contribution in [1.82, 2.24) is 14.7 Å². The van der Waals surface area contributed by atoms with Crippen molar-refractivity contribution in [2.45, 2.75) is 17.3 Å². The molecule has 2 aliphatic heterocycles. The first-order valence-electron chi connectivity index (χ1n) is 12.2. The van der Waals surface area contributed by atoms with Crippen molar-refractivity contribution in [3.05, 3.63) is 88.5 Å². The summed E-state index contributed by atoms with van der Waals surface area (Å²) in [6.45, 7) is 3.65. The fourth-order valence-corrected chi connectivity index (χ4v) is 6.08. The SMILES string of the molecule is CN1CCN(C(C(=O)O)c2ccc(-c3ccc(/C=C4\SC(S)N(Cc5ccccc5)C4=O)o3)cc2)CC1. The van der Waals surface area contributed by atoms with Crippen LogP contribution in [0, 0.1) is 0 Å². The number of amides is 1. The van der Waals surface area contributed by atoms with E-state index in [4.69, 9.17) is 4.42 Å². The van der Waals surface area contributed by atoms with Crippen LogP contribution in [-0.2, 0) is 16.1 Å². The van der Waals surface area contributed by atoms with Gasteiger partial charge in [-0.2, -0.15) is 0 Å². The number of hydrogen-bond acceptors (Lipinski definition) is 7. The van der Waals surface area contributed by atoms with Crippen LogP contribution in [0.3, 0.4) is 0 Å². The summed E-state index contributed by atoms with van der Waals surface area (Å²) >= 11 is 6.00. The number of thioether (sulfide) groups is 1. The topological polar surface area (TPSA) is 77.2 Å². The Morgan fingerprint density at radius 2 is 1.78 bits per heavy atom. The van der Waals surface area contributed by atoms with Gasteiger partial charge >= 0.3 is 5.97 Å². The van der Waals surface area contributed by atoms with Crippen LogP contribution in [0.4, 0.5) is 0 Å². The molecule has 2 atom stereocenters. The van der Waals surface area contributed by atoms with Crippen LogP contribution in [0.2, 0.25) is 0 Å². The van der Waals surface area contributed by atoms with Gasteiger partial charge in [-0.1, -0.05) is 66.4 Å². The quantitative estimate of drug-likeness (QED) is 0.337. The van der Waals surface area contributed by atoms with E-state index >= 15 is 0 Å². The molecule has 2 aliphatic rings. The summed E-state index contributed by atoms with van der Waals surface area (Å²) in [6.07, 6.45) is 1.76. The predicted octanol–water partition coefficient (Wildman–Crippen LogP) is 4.65.